The summed E-state index contributed by atoms with van der Waals surface area (Å²) < 4.78 is 14.1. The summed E-state index contributed by atoms with van der Waals surface area (Å²) in [6, 6.07) is 6.69. The summed E-state index contributed by atoms with van der Waals surface area (Å²) >= 11 is 0. The molecule has 0 saturated heterocycles. The zero-order valence-electron chi connectivity index (χ0n) is 18.7. The first-order chi connectivity index (χ1) is 14.8. The molecular formula is C26H33FN2O2. The van der Waals surface area contributed by atoms with Gasteiger partial charge in [0.25, 0.3) is 0 Å². The summed E-state index contributed by atoms with van der Waals surface area (Å²) in [6.07, 6.45) is 10.2. The van der Waals surface area contributed by atoms with Gasteiger partial charge in [0.1, 0.15) is 5.82 Å². The molecule has 0 spiro atoms. The van der Waals surface area contributed by atoms with E-state index in [1.165, 1.54) is 6.07 Å². The molecule has 5 heteroatoms. The fourth-order valence-corrected chi connectivity index (χ4v) is 7.95. The van der Waals surface area contributed by atoms with Gasteiger partial charge in [0.05, 0.1) is 5.69 Å². The van der Waals surface area contributed by atoms with Gasteiger partial charge in [-0.25, -0.2) is 4.39 Å². The largest absolute Gasteiger partial charge is 0.338 e. The second kappa shape index (κ2) is 7.18. The lowest BCUT2D eigenvalue weighted by Crippen LogP contribution is -2.59. The van der Waals surface area contributed by atoms with Crippen LogP contribution in [0.25, 0.3) is 0 Å². The highest BCUT2D eigenvalue weighted by Crippen LogP contribution is 2.65. The Kier molecular flexibility index (Phi) is 4.80. The Morgan fingerprint density at radius 1 is 1.10 bits per heavy atom. The summed E-state index contributed by atoms with van der Waals surface area (Å²) in [6.45, 7) is 4.64. The molecule has 2 unspecified atom stereocenters. The third-order valence-corrected chi connectivity index (χ3v) is 9.58. The lowest BCUT2D eigenvalue weighted by atomic mass is 9.47. The summed E-state index contributed by atoms with van der Waals surface area (Å²) in [4.78, 5) is 27.4. The number of likely N-dealkylation sites (N-methyl/N-ethyl adjacent to an activating group) is 1. The Bertz CT molecular complexity index is 945. The number of nitrogens with zero attached hydrogens (tertiary/aromatic N) is 1. The molecule has 0 bridgehead atoms. The van der Waals surface area contributed by atoms with Gasteiger partial charge in [0.15, 0.2) is 0 Å². The molecule has 1 N–H and O–H groups in total. The molecule has 166 valence electrons. The summed E-state index contributed by atoms with van der Waals surface area (Å²) in [5.74, 6) is 1.27. The molecule has 1 aliphatic heterocycles. The Hall–Kier alpha value is -2.17. The van der Waals surface area contributed by atoms with E-state index in [2.05, 4.69) is 25.2 Å². The minimum Gasteiger partial charge on any atom is -0.338 e. The molecule has 0 radical (unpaired) electrons. The van der Waals surface area contributed by atoms with Gasteiger partial charge < -0.3 is 10.2 Å². The van der Waals surface area contributed by atoms with Crippen LogP contribution < -0.4 is 5.32 Å². The monoisotopic (exact) mass is 424 g/mol. The molecule has 4 aliphatic rings. The Balaban J connectivity index is 1.38. The maximum atomic E-state index is 14.1. The van der Waals surface area contributed by atoms with Gasteiger partial charge in [0.2, 0.25) is 11.8 Å². The second-order valence-electron chi connectivity index (χ2n) is 10.8. The number of anilines is 1. The standard InChI is InChI=1S/C26H33FN2O2/c1-25-14-12-18-16(8-11-22-26(18,2)15-13-23(30)29(22)3)17(25)9-10-19(25)24(31)28-21-7-5-4-6-20(21)27/h4-7,13,15-19,22H,8-12,14H2,1-3H3,(H,28,31)/t16-,17-,18+,19?,22?,25-,26+/m0/s1. The van der Waals surface area contributed by atoms with Crippen molar-refractivity contribution < 1.29 is 14.0 Å². The van der Waals surface area contributed by atoms with E-state index in [1.54, 1.807) is 24.3 Å². The van der Waals surface area contributed by atoms with E-state index in [4.69, 9.17) is 0 Å². The Morgan fingerprint density at radius 3 is 2.65 bits per heavy atom. The number of amides is 2. The van der Waals surface area contributed by atoms with Gasteiger partial charge in [-0.05, 0) is 79.9 Å². The normalized spacial score (nSPS) is 41.4. The van der Waals surface area contributed by atoms with Crippen molar-refractivity contribution in [1.29, 1.82) is 0 Å². The highest BCUT2D eigenvalue weighted by molar-refractivity contribution is 5.93. The minimum absolute atomic E-state index is 0.0143. The Labute approximate surface area is 184 Å². The SMILES string of the molecule is CN1C(=O)C=C[C@@]2(C)C1CC[C@@H]1[C@H]2CC[C@]2(C)C(C(=O)Nc3ccccc3F)CC[C@@H]12. The number of fused-ring (bicyclic) bond motifs is 5. The van der Waals surface area contributed by atoms with E-state index in [9.17, 15) is 14.0 Å². The van der Waals surface area contributed by atoms with Gasteiger partial charge in [-0.3, -0.25) is 9.59 Å². The zero-order valence-corrected chi connectivity index (χ0v) is 18.7. The van der Waals surface area contributed by atoms with E-state index in [-0.39, 0.29) is 46.1 Å². The van der Waals surface area contributed by atoms with Crippen LogP contribution in [0.4, 0.5) is 10.1 Å². The van der Waals surface area contributed by atoms with Crippen LogP contribution in [0.2, 0.25) is 0 Å². The highest BCUT2D eigenvalue weighted by atomic mass is 19.1. The molecule has 3 saturated carbocycles. The van der Waals surface area contributed by atoms with Crippen LogP contribution in [0.15, 0.2) is 36.4 Å². The average molecular weight is 425 g/mol. The molecule has 3 fully saturated rings. The average Bonchev–Trinajstić information content (AvgIpc) is 3.10. The predicted molar refractivity (Wildman–Crippen MR) is 119 cm³/mol. The lowest BCUT2D eigenvalue weighted by Gasteiger charge is -2.60. The summed E-state index contributed by atoms with van der Waals surface area (Å²) in [5.41, 5.74) is 0.251. The molecular weight excluding hydrogens is 391 g/mol. The smallest absolute Gasteiger partial charge is 0.246 e. The fourth-order valence-electron chi connectivity index (χ4n) is 7.95. The first-order valence-corrected chi connectivity index (χ1v) is 11.8. The molecule has 31 heavy (non-hydrogen) atoms. The van der Waals surface area contributed by atoms with Gasteiger partial charge in [0, 0.05) is 24.4 Å². The van der Waals surface area contributed by atoms with Gasteiger partial charge in [-0.15, -0.1) is 0 Å². The van der Waals surface area contributed by atoms with Crippen LogP contribution in [-0.2, 0) is 9.59 Å². The molecule has 2 amide bonds. The number of rotatable bonds is 2. The van der Waals surface area contributed by atoms with Crippen molar-refractivity contribution in [2.24, 2.45) is 34.5 Å². The highest BCUT2D eigenvalue weighted by Gasteiger charge is 2.61. The fraction of sp³-hybridized carbons (Fsp3) is 0.615. The predicted octanol–water partition coefficient (Wildman–Crippen LogP) is 5.02. The molecule has 3 aliphatic carbocycles. The number of nitrogens with one attached hydrogen (secondary N) is 1. The third kappa shape index (κ3) is 2.99. The van der Waals surface area contributed by atoms with Crippen LogP contribution in [0.5, 0.6) is 0 Å². The number of benzene rings is 1. The van der Waals surface area contributed by atoms with Crippen molar-refractivity contribution in [3.63, 3.8) is 0 Å². The minimum atomic E-state index is -0.381. The number of carbonyl (C=O) groups excluding carboxylic acids is 2. The van der Waals surface area contributed by atoms with E-state index in [0.29, 0.717) is 17.8 Å². The lowest BCUT2D eigenvalue weighted by molar-refractivity contribution is -0.141. The zero-order chi connectivity index (χ0) is 22.0. The van der Waals surface area contributed by atoms with Crippen molar-refractivity contribution in [1.82, 2.24) is 4.90 Å². The molecule has 0 aromatic heterocycles. The first kappa shape index (κ1) is 20.7. The number of hydrogen-bond acceptors (Lipinski definition) is 2. The molecule has 1 aromatic rings. The van der Waals surface area contributed by atoms with Gasteiger partial charge >= 0.3 is 0 Å². The van der Waals surface area contributed by atoms with E-state index in [0.717, 1.165) is 38.5 Å². The van der Waals surface area contributed by atoms with Crippen LogP contribution >= 0.6 is 0 Å². The first-order valence-electron chi connectivity index (χ1n) is 11.8. The molecule has 1 aromatic carbocycles. The Morgan fingerprint density at radius 2 is 1.87 bits per heavy atom. The van der Waals surface area contributed by atoms with Gasteiger partial charge in [-0.1, -0.05) is 32.1 Å². The van der Waals surface area contributed by atoms with Crippen molar-refractivity contribution in [2.45, 2.75) is 58.4 Å². The van der Waals surface area contributed by atoms with Crippen LogP contribution in [0.1, 0.15) is 52.4 Å². The van der Waals surface area contributed by atoms with Crippen molar-refractivity contribution in [3.8, 4) is 0 Å². The maximum Gasteiger partial charge on any atom is 0.246 e. The van der Waals surface area contributed by atoms with E-state index < -0.39 is 0 Å². The number of para-hydroxylation sites is 1. The van der Waals surface area contributed by atoms with E-state index >= 15 is 0 Å². The molecule has 4 nitrogen and oxygen atoms in total. The summed E-state index contributed by atoms with van der Waals surface area (Å²) in [7, 11) is 1.95. The maximum absolute atomic E-state index is 14.1. The molecule has 7 atom stereocenters. The van der Waals surface area contributed by atoms with Gasteiger partial charge in [-0.2, -0.15) is 0 Å². The molecule has 5 rings (SSSR count). The topological polar surface area (TPSA) is 49.4 Å². The summed E-state index contributed by atoms with van der Waals surface area (Å²) in [5, 5.41) is 2.88. The number of halogens is 1. The van der Waals surface area contributed by atoms with Crippen LogP contribution in [-0.4, -0.2) is 29.8 Å². The van der Waals surface area contributed by atoms with Crippen molar-refractivity contribution in [3.05, 3.63) is 42.2 Å². The van der Waals surface area contributed by atoms with Crippen molar-refractivity contribution in [2.75, 3.05) is 12.4 Å². The quantitative estimate of drug-likeness (QED) is 0.725. The molecule has 1 heterocycles. The van der Waals surface area contributed by atoms with Crippen molar-refractivity contribution >= 4 is 17.5 Å². The van der Waals surface area contributed by atoms with Crippen LogP contribution in [0.3, 0.4) is 0 Å². The number of carbonyl (C=O) groups is 2. The second-order valence-corrected chi connectivity index (χ2v) is 10.8. The third-order valence-electron chi connectivity index (χ3n) is 9.58. The van der Waals surface area contributed by atoms with Crippen LogP contribution in [0, 0.1) is 40.3 Å². The number of hydrogen-bond donors (Lipinski definition) is 1. The van der Waals surface area contributed by atoms with E-state index in [1.807, 2.05) is 11.9 Å².